The second-order valence-electron chi connectivity index (χ2n) is 6.67. The minimum atomic E-state index is -0.791. The standard InChI is InChI=1S/C20H32O5/c1-2-3-6-9-15(21)12-13-17-16(18(22)14-19(17)23)10-7-4-5-8-11-20(24)25/h3-4,6-7,12-13,15-19,21-23H,2,5,8-11,14H2,1H3,(H,24,25)/t15?,16-,17-,18+,19-/m1/s1. The maximum absolute atomic E-state index is 10.5. The molecule has 5 atom stereocenters. The van der Waals surface area contributed by atoms with Gasteiger partial charge in [0.15, 0.2) is 0 Å². The lowest BCUT2D eigenvalue weighted by molar-refractivity contribution is -0.137. The molecule has 0 aromatic rings. The zero-order valence-electron chi connectivity index (χ0n) is 15.0. The van der Waals surface area contributed by atoms with Gasteiger partial charge in [-0.25, -0.2) is 0 Å². The van der Waals surface area contributed by atoms with Crippen molar-refractivity contribution in [3.05, 3.63) is 36.5 Å². The molecule has 0 radical (unpaired) electrons. The van der Waals surface area contributed by atoms with Crippen LogP contribution >= 0.6 is 0 Å². The fourth-order valence-electron chi connectivity index (χ4n) is 3.19. The van der Waals surface area contributed by atoms with E-state index in [1.54, 1.807) is 6.08 Å². The first-order valence-electron chi connectivity index (χ1n) is 9.20. The molecule has 1 aliphatic rings. The molecular weight excluding hydrogens is 320 g/mol. The van der Waals surface area contributed by atoms with Gasteiger partial charge in [0.25, 0.3) is 0 Å². The van der Waals surface area contributed by atoms with Gasteiger partial charge in [0.05, 0.1) is 18.3 Å². The number of carbonyl (C=O) groups is 1. The smallest absolute Gasteiger partial charge is 0.303 e. The van der Waals surface area contributed by atoms with E-state index in [-0.39, 0.29) is 18.3 Å². The van der Waals surface area contributed by atoms with Crippen molar-refractivity contribution < 1.29 is 25.2 Å². The molecule has 0 aromatic heterocycles. The molecule has 0 aliphatic heterocycles. The van der Waals surface area contributed by atoms with E-state index in [0.29, 0.717) is 32.1 Å². The highest BCUT2D eigenvalue weighted by molar-refractivity contribution is 5.66. The van der Waals surface area contributed by atoms with Crippen molar-refractivity contribution in [3.8, 4) is 0 Å². The third-order valence-corrected chi connectivity index (χ3v) is 4.59. The molecule has 0 heterocycles. The van der Waals surface area contributed by atoms with Gasteiger partial charge < -0.3 is 20.4 Å². The van der Waals surface area contributed by atoms with E-state index >= 15 is 0 Å². The number of carboxylic acids is 1. The van der Waals surface area contributed by atoms with Crippen LogP contribution in [0.1, 0.15) is 51.9 Å². The molecule has 1 saturated carbocycles. The van der Waals surface area contributed by atoms with Gasteiger partial charge in [0.1, 0.15) is 0 Å². The van der Waals surface area contributed by atoms with Crippen molar-refractivity contribution in [1.29, 1.82) is 0 Å². The Balaban J connectivity index is 2.50. The number of unbranched alkanes of at least 4 members (excludes halogenated alkanes) is 1. The van der Waals surface area contributed by atoms with Gasteiger partial charge >= 0.3 is 5.97 Å². The van der Waals surface area contributed by atoms with E-state index < -0.39 is 24.3 Å². The van der Waals surface area contributed by atoms with Crippen molar-refractivity contribution >= 4 is 5.97 Å². The third-order valence-electron chi connectivity index (χ3n) is 4.59. The van der Waals surface area contributed by atoms with Crippen molar-refractivity contribution in [2.75, 3.05) is 0 Å². The molecule has 0 bridgehead atoms. The lowest BCUT2D eigenvalue weighted by atomic mass is 9.89. The SMILES string of the molecule is CCC=CCC(O)C=C[C@@H]1[C@@H](CC=CCCCC(=O)O)[C@@H](O)C[C@H]1O. The van der Waals surface area contributed by atoms with Crippen molar-refractivity contribution in [2.24, 2.45) is 11.8 Å². The highest BCUT2D eigenvalue weighted by Gasteiger charge is 2.39. The fraction of sp³-hybridized carbons (Fsp3) is 0.650. The minimum Gasteiger partial charge on any atom is -0.481 e. The zero-order chi connectivity index (χ0) is 18.7. The average molecular weight is 352 g/mol. The summed E-state index contributed by atoms with van der Waals surface area (Å²) in [6.45, 7) is 2.04. The lowest BCUT2D eigenvalue weighted by Crippen LogP contribution is -2.20. The molecular formula is C20H32O5. The number of aliphatic carboxylic acids is 1. The highest BCUT2D eigenvalue weighted by Crippen LogP contribution is 2.36. The van der Waals surface area contributed by atoms with Crippen LogP contribution in [0.2, 0.25) is 0 Å². The maximum Gasteiger partial charge on any atom is 0.303 e. The van der Waals surface area contributed by atoms with Gasteiger partial charge in [0, 0.05) is 18.8 Å². The Morgan fingerprint density at radius 3 is 2.60 bits per heavy atom. The van der Waals surface area contributed by atoms with Crippen LogP contribution in [-0.2, 0) is 4.79 Å². The van der Waals surface area contributed by atoms with Crippen LogP contribution < -0.4 is 0 Å². The van der Waals surface area contributed by atoms with E-state index in [1.807, 2.05) is 37.3 Å². The van der Waals surface area contributed by atoms with Crippen LogP contribution in [0.15, 0.2) is 36.5 Å². The molecule has 25 heavy (non-hydrogen) atoms. The summed E-state index contributed by atoms with van der Waals surface area (Å²) in [4.78, 5) is 10.5. The summed E-state index contributed by atoms with van der Waals surface area (Å²) in [7, 11) is 0. The number of carboxylic acid groups (broad SMARTS) is 1. The van der Waals surface area contributed by atoms with Gasteiger partial charge in [0.2, 0.25) is 0 Å². The van der Waals surface area contributed by atoms with E-state index in [2.05, 4.69) is 0 Å². The molecule has 1 rings (SSSR count). The Morgan fingerprint density at radius 1 is 1.16 bits per heavy atom. The fourth-order valence-corrected chi connectivity index (χ4v) is 3.19. The molecule has 5 heteroatoms. The van der Waals surface area contributed by atoms with Gasteiger partial charge in [-0.05, 0) is 38.0 Å². The number of aliphatic hydroxyl groups excluding tert-OH is 3. The number of aliphatic hydroxyl groups is 3. The Hall–Kier alpha value is -1.43. The second-order valence-corrected chi connectivity index (χ2v) is 6.67. The van der Waals surface area contributed by atoms with E-state index in [1.165, 1.54) is 0 Å². The molecule has 5 nitrogen and oxygen atoms in total. The predicted octanol–water partition coefficient (Wildman–Crippen LogP) is 2.82. The molecule has 0 aromatic carbocycles. The minimum absolute atomic E-state index is 0.0830. The van der Waals surface area contributed by atoms with E-state index in [4.69, 9.17) is 5.11 Å². The molecule has 1 fully saturated rings. The molecule has 1 unspecified atom stereocenters. The van der Waals surface area contributed by atoms with Crippen LogP contribution in [0.5, 0.6) is 0 Å². The first-order valence-corrected chi connectivity index (χ1v) is 9.20. The Bertz CT molecular complexity index is 469. The molecule has 0 amide bonds. The number of rotatable bonds is 11. The van der Waals surface area contributed by atoms with Gasteiger partial charge in [-0.15, -0.1) is 0 Å². The summed E-state index contributed by atoms with van der Waals surface area (Å²) >= 11 is 0. The molecule has 4 N–H and O–H groups in total. The summed E-state index contributed by atoms with van der Waals surface area (Å²) in [5.41, 5.74) is 0. The molecule has 0 spiro atoms. The molecule has 142 valence electrons. The monoisotopic (exact) mass is 352 g/mol. The summed E-state index contributed by atoms with van der Waals surface area (Å²) in [6.07, 6.45) is 13.5. The first kappa shape index (κ1) is 21.6. The average Bonchev–Trinajstić information content (AvgIpc) is 2.82. The van der Waals surface area contributed by atoms with Crippen LogP contribution in [0.25, 0.3) is 0 Å². The molecule has 0 saturated heterocycles. The lowest BCUT2D eigenvalue weighted by Gasteiger charge is -2.19. The van der Waals surface area contributed by atoms with Crippen LogP contribution in [0, 0.1) is 11.8 Å². The summed E-state index contributed by atoms with van der Waals surface area (Å²) < 4.78 is 0. The quantitative estimate of drug-likeness (QED) is 0.339. The Morgan fingerprint density at radius 2 is 1.92 bits per heavy atom. The van der Waals surface area contributed by atoms with Gasteiger partial charge in [-0.3, -0.25) is 4.79 Å². The number of hydrogen-bond acceptors (Lipinski definition) is 4. The maximum atomic E-state index is 10.5. The van der Waals surface area contributed by atoms with E-state index in [0.717, 1.165) is 6.42 Å². The topological polar surface area (TPSA) is 98.0 Å². The van der Waals surface area contributed by atoms with Crippen molar-refractivity contribution in [1.82, 2.24) is 0 Å². The van der Waals surface area contributed by atoms with Crippen LogP contribution in [0.3, 0.4) is 0 Å². The van der Waals surface area contributed by atoms with Crippen LogP contribution in [-0.4, -0.2) is 44.7 Å². The zero-order valence-corrected chi connectivity index (χ0v) is 15.0. The van der Waals surface area contributed by atoms with Gasteiger partial charge in [-0.1, -0.05) is 43.4 Å². The Labute approximate surface area is 150 Å². The molecule has 1 aliphatic carbocycles. The summed E-state index contributed by atoms with van der Waals surface area (Å²) in [6, 6.07) is 0. The Kier molecular flexibility index (Phi) is 10.4. The van der Waals surface area contributed by atoms with E-state index in [9.17, 15) is 20.1 Å². The van der Waals surface area contributed by atoms with Crippen LogP contribution in [0.4, 0.5) is 0 Å². The second kappa shape index (κ2) is 12.0. The summed E-state index contributed by atoms with van der Waals surface area (Å²) in [5, 5.41) is 38.9. The largest absolute Gasteiger partial charge is 0.481 e. The summed E-state index contributed by atoms with van der Waals surface area (Å²) in [5.74, 6) is -1.05. The van der Waals surface area contributed by atoms with Crippen molar-refractivity contribution in [2.45, 2.75) is 70.2 Å². The first-order chi connectivity index (χ1) is 12.0. The third kappa shape index (κ3) is 8.47. The predicted molar refractivity (Wildman–Crippen MR) is 98.0 cm³/mol. The van der Waals surface area contributed by atoms with Crippen molar-refractivity contribution in [3.63, 3.8) is 0 Å². The van der Waals surface area contributed by atoms with Gasteiger partial charge in [-0.2, -0.15) is 0 Å². The normalized spacial score (nSPS) is 28.5. The number of allylic oxidation sites excluding steroid dienone is 3. The highest BCUT2D eigenvalue weighted by atomic mass is 16.4. The number of hydrogen-bond donors (Lipinski definition) is 4.